The van der Waals surface area contributed by atoms with E-state index in [-0.39, 0.29) is 0 Å². The van der Waals surface area contributed by atoms with Crippen molar-refractivity contribution in [1.29, 1.82) is 0 Å². The summed E-state index contributed by atoms with van der Waals surface area (Å²) in [5.74, 6) is 0. The molecule has 0 aliphatic carbocycles. The molecule has 0 fully saturated rings. The van der Waals surface area contributed by atoms with Gasteiger partial charge in [0.1, 0.15) is 0 Å². The van der Waals surface area contributed by atoms with Gasteiger partial charge in [-0.2, -0.15) is 0 Å². The van der Waals surface area contributed by atoms with Gasteiger partial charge in [0.05, 0.1) is 13.2 Å². The standard InChI is InChI=1S/C13H27NO2/c1-5-14-13(7-6-12(2)3)8-9-16-11-10-15-4/h13-14H,2,5-11H2,1,3-4H3. The second kappa shape index (κ2) is 11.1. The molecule has 16 heavy (non-hydrogen) atoms. The summed E-state index contributed by atoms with van der Waals surface area (Å²) in [6.45, 7) is 11.3. The van der Waals surface area contributed by atoms with Crippen molar-refractivity contribution in [2.24, 2.45) is 0 Å². The van der Waals surface area contributed by atoms with Crippen LogP contribution < -0.4 is 5.32 Å². The Bertz CT molecular complexity index is 171. The van der Waals surface area contributed by atoms with Crippen LogP contribution in [-0.4, -0.2) is 39.5 Å². The Kier molecular flexibility index (Phi) is 10.9. The normalized spacial score (nSPS) is 12.7. The highest BCUT2D eigenvalue weighted by atomic mass is 16.5. The van der Waals surface area contributed by atoms with E-state index >= 15 is 0 Å². The highest BCUT2D eigenvalue weighted by Crippen LogP contribution is 2.07. The fraction of sp³-hybridized carbons (Fsp3) is 0.846. The molecule has 0 aliphatic heterocycles. The molecular weight excluding hydrogens is 202 g/mol. The van der Waals surface area contributed by atoms with Crippen molar-refractivity contribution in [2.75, 3.05) is 33.5 Å². The first-order chi connectivity index (χ1) is 7.70. The Hall–Kier alpha value is -0.380. The zero-order valence-electron chi connectivity index (χ0n) is 11.1. The van der Waals surface area contributed by atoms with E-state index in [1.807, 2.05) is 0 Å². The Morgan fingerprint density at radius 2 is 2.00 bits per heavy atom. The number of nitrogens with one attached hydrogen (secondary N) is 1. The van der Waals surface area contributed by atoms with Crippen LogP contribution in [0.2, 0.25) is 0 Å². The van der Waals surface area contributed by atoms with Gasteiger partial charge in [-0.05, 0) is 32.7 Å². The first-order valence-corrected chi connectivity index (χ1v) is 6.15. The van der Waals surface area contributed by atoms with Crippen LogP contribution in [0.5, 0.6) is 0 Å². The summed E-state index contributed by atoms with van der Waals surface area (Å²) >= 11 is 0. The molecule has 0 aliphatic rings. The quantitative estimate of drug-likeness (QED) is 0.436. The highest BCUT2D eigenvalue weighted by molar-refractivity contribution is 4.89. The first-order valence-electron chi connectivity index (χ1n) is 6.15. The van der Waals surface area contributed by atoms with Gasteiger partial charge in [-0.1, -0.05) is 12.5 Å². The molecule has 0 aromatic carbocycles. The van der Waals surface area contributed by atoms with E-state index in [0.29, 0.717) is 19.3 Å². The van der Waals surface area contributed by atoms with Gasteiger partial charge in [-0.3, -0.25) is 0 Å². The molecule has 1 N–H and O–H groups in total. The summed E-state index contributed by atoms with van der Waals surface area (Å²) in [6.07, 6.45) is 3.30. The molecule has 1 atom stereocenters. The van der Waals surface area contributed by atoms with Gasteiger partial charge in [0.2, 0.25) is 0 Å². The predicted molar refractivity (Wildman–Crippen MR) is 68.8 cm³/mol. The molecule has 3 nitrogen and oxygen atoms in total. The minimum atomic E-state index is 0.546. The van der Waals surface area contributed by atoms with Crippen molar-refractivity contribution in [2.45, 2.75) is 39.2 Å². The molecule has 0 aromatic heterocycles. The van der Waals surface area contributed by atoms with Crippen molar-refractivity contribution >= 4 is 0 Å². The number of methoxy groups -OCH3 is 1. The Balaban J connectivity index is 3.55. The van der Waals surface area contributed by atoms with E-state index in [1.54, 1.807) is 7.11 Å². The van der Waals surface area contributed by atoms with Gasteiger partial charge in [0.25, 0.3) is 0 Å². The summed E-state index contributed by atoms with van der Waals surface area (Å²) in [5, 5.41) is 3.48. The zero-order chi connectivity index (χ0) is 12.2. The Labute approximate surface area is 100 Å². The summed E-state index contributed by atoms with van der Waals surface area (Å²) < 4.78 is 10.4. The number of ether oxygens (including phenoxy) is 2. The van der Waals surface area contributed by atoms with Crippen molar-refractivity contribution in [1.82, 2.24) is 5.32 Å². The van der Waals surface area contributed by atoms with Crippen molar-refractivity contribution in [3.63, 3.8) is 0 Å². The molecule has 0 amide bonds. The van der Waals surface area contributed by atoms with Gasteiger partial charge < -0.3 is 14.8 Å². The molecule has 96 valence electrons. The number of hydrogen-bond donors (Lipinski definition) is 1. The number of hydrogen-bond acceptors (Lipinski definition) is 3. The summed E-state index contributed by atoms with van der Waals surface area (Å²) in [4.78, 5) is 0. The van der Waals surface area contributed by atoms with Crippen molar-refractivity contribution < 1.29 is 9.47 Å². The highest BCUT2D eigenvalue weighted by Gasteiger charge is 2.06. The molecule has 0 saturated heterocycles. The third kappa shape index (κ3) is 10.1. The molecular formula is C13H27NO2. The minimum absolute atomic E-state index is 0.546. The molecule has 0 spiro atoms. The summed E-state index contributed by atoms with van der Waals surface area (Å²) in [6, 6.07) is 0.546. The van der Waals surface area contributed by atoms with Crippen LogP contribution in [0, 0.1) is 0 Å². The number of rotatable bonds is 11. The summed E-state index contributed by atoms with van der Waals surface area (Å²) in [7, 11) is 1.69. The lowest BCUT2D eigenvalue weighted by atomic mass is 10.1. The predicted octanol–water partition coefficient (Wildman–Crippen LogP) is 2.37. The molecule has 0 radical (unpaired) electrons. The van der Waals surface area contributed by atoms with E-state index in [2.05, 4.69) is 25.7 Å². The van der Waals surface area contributed by atoms with Crippen LogP contribution in [0.25, 0.3) is 0 Å². The van der Waals surface area contributed by atoms with E-state index in [0.717, 1.165) is 32.4 Å². The smallest absolute Gasteiger partial charge is 0.0700 e. The van der Waals surface area contributed by atoms with Crippen LogP contribution in [0.3, 0.4) is 0 Å². The van der Waals surface area contributed by atoms with Gasteiger partial charge in [0, 0.05) is 19.8 Å². The third-order valence-corrected chi connectivity index (χ3v) is 2.45. The lowest BCUT2D eigenvalue weighted by molar-refractivity contribution is 0.0655. The third-order valence-electron chi connectivity index (χ3n) is 2.45. The summed E-state index contributed by atoms with van der Waals surface area (Å²) in [5.41, 5.74) is 1.25. The van der Waals surface area contributed by atoms with E-state index in [4.69, 9.17) is 9.47 Å². The first kappa shape index (κ1) is 15.6. The molecule has 0 bridgehead atoms. The van der Waals surface area contributed by atoms with Crippen LogP contribution in [-0.2, 0) is 9.47 Å². The largest absolute Gasteiger partial charge is 0.382 e. The SMILES string of the molecule is C=C(C)CCC(CCOCCOC)NCC. The maximum atomic E-state index is 5.47. The van der Waals surface area contributed by atoms with Crippen LogP contribution >= 0.6 is 0 Å². The fourth-order valence-electron chi connectivity index (χ4n) is 1.53. The maximum absolute atomic E-state index is 5.47. The maximum Gasteiger partial charge on any atom is 0.0700 e. The van der Waals surface area contributed by atoms with E-state index in [9.17, 15) is 0 Å². The van der Waals surface area contributed by atoms with Gasteiger partial charge in [0.15, 0.2) is 0 Å². The Morgan fingerprint density at radius 1 is 1.25 bits per heavy atom. The second-order valence-corrected chi connectivity index (χ2v) is 4.14. The lowest BCUT2D eigenvalue weighted by Crippen LogP contribution is -2.30. The van der Waals surface area contributed by atoms with Gasteiger partial charge in [-0.15, -0.1) is 6.58 Å². The number of allylic oxidation sites excluding steroid dienone is 1. The lowest BCUT2D eigenvalue weighted by Gasteiger charge is -2.17. The average molecular weight is 229 g/mol. The molecule has 0 heterocycles. The van der Waals surface area contributed by atoms with Crippen LogP contribution in [0.4, 0.5) is 0 Å². The van der Waals surface area contributed by atoms with Crippen LogP contribution in [0.1, 0.15) is 33.1 Å². The average Bonchev–Trinajstić information content (AvgIpc) is 2.25. The topological polar surface area (TPSA) is 30.5 Å². The van der Waals surface area contributed by atoms with Crippen molar-refractivity contribution in [3.05, 3.63) is 12.2 Å². The molecule has 0 saturated carbocycles. The zero-order valence-corrected chi connectivity index (χ0v) is 11.1. The van der Waals surface area contributed by atoms with Crippen molar-refractivity contribution in [3.8, 4) is 0 Å². The monoisotopic (exact) mass is 229 g/mol. The van der Waals surface area contributed by atoms with Crippen LogP contribution in [0.15, 0.2) is 12.2 Å². The second-order valence-electron chi connectivity index (χ2n) is 4.14. The van der Waals surface area contributed by atoms with Gasteiger partial charge >= 0.3 is 0 Å². The van der Waals surface area contributed by atoms with Gasteiger partial charge in [-0.25, -0.2) is 0 Å². The van der Waals surface area contributed by atoms with E-state index < -0.39 is 0 Å². The fourth-order valence-corrected chi connectivity index (χ4v) is 1.53. The molecule has 1 unspecified atom stereocenters. The van der Waals surface area contributed by atoms with E-state index in [1.165, 1.54) is 5.57 Å². The Morgan fingerprint density at radius 3 is 2.56 bits per heavy atom. The molecule has 3 heteroatoms. The molecule has 0 aromatic rings. The minimum Gasteiger partial charge on any atom is -0.382 e. The molecule has 0 rings (SSSR count).